The predicted octanol–water partition coefficient (Wildman–Crippen LogP) is 3.80. The van der Waals surface area contributed by atoms with E-state index in [2.05, 4.69) is 41.0 Å². The second-order valence-corrected chi connectivity index (χ2v) is 8.63. The maximum absolute atomic E-state index is 10.6. The smallest absolute Gasteiger partial charge is 0.120 e. The summed E-state index contributed by atoms with van der Waals surface area (Å²) in [5, 5.41) is 0. The number of piperazine rings is 1. The number of hydrogen-bond acceptors (Lipinski definition) is 4. The fraction of sp³-hybridized carbons (Fsp3) is 0.696. The highest BCUT2D eigenvalue weighted by atomic mass is 16.1. The number of benzene rings is 1. The van der Waals surface area contributed by atoms with Crippen LogP contribution in [-0.4, -0.2) is 50.0 Å². The van der Waals surface area contributed by atoms with Gasteiger partial charge in [0.15, 0.2) is 0 Å². The fourth-order valence-corrected chi connectivity index (χ4v) is 4.57. The first-order valence-electron chi connectivity index (χ1n) is 10.9. The normalized spacial score (nSPS) is 25.3. The van der Waals surface area contributed by atoms with Crippen molar-refractivity contribution in [3.63, 3.8) is 0 Å². The van der Waals surface area contributed by atoms with Crippen LogP contribution in [0.5, 0.6) is 0 Å². The van der Waals surface area contributed by atoms with Crippen LogP contribution in [0, 0.1) is 5.92 Å². The highest BCUT2D eigenvalue weighted by Gasteiger charge is 2.21. The first-order valence-corrected chi connectivity index (χ1v) is 10.9. The van der Waals surface area contributed by atoms with Crippen LogP contribution in [0.2, 0.25) is 0 Å². The van der Waals surface area contributed by atoms with E-state index in [0.717, 1.165) is 31.7 Å². The summed E-state index contributed by atoms with van der Waals surface area (Å²) in [5.74, 6) is 1.35. The van der Waals surface area contributed by atoms with E-state index in [4.69, 9.17) is 5.73 Å². The van der Waals surface area contributed by atoms with E-state index < -0.39 is 0 Å². The van der Waals surface area contributed by atoms with E-state index in [9.17, 15) is 4.79 Å². The molecule has 0 spiro atoms. The standard InChI is InChI=1S/C23H37N3O/c1-19(3-2-18-27)21-6-10-23(11-7-21)26-16-14-25(15-17-26)13-12-20-4-8-22(24)9-5-20/h6-7,10-11,18-20,22H,2-5,8-9,12-17,24H2,1H3. The van der Waals surface area contributed by atoms with Gasteiger partial charge in [0.1, 0.15) is 6.29 Å². The highest BCUT2D eigenvalue weighted by molar-refractivity contribution is 5.50. The average Bonchev–Trinajstić information content (AvgIpc) is 2.72. The van der Waals surface area contributed by atoms with Gasteiger partial charge in [-0.05, 0) is 74.6 Å². The Labute approximate surface area is 165 Å². The number of aldehydes is 1. The Kier molecular flexibility index (Phi) is 7.71. The average molecular weight is 372 g/mol. The summed E-state index contributed by atoms with van der Waals surface area (Å²) in [6, 6.07) is 9.46. The summed E-state index contributed by atoms with van der Waals surface area (Å²) in [4.78, 5) is 15.7. The molecule has 1 aromatic rings. The number of nitrogens with zero attached hydrogens (tertiary/aromatic N) is 2. The maximum atomic E-state index is 10.6. The quantitative estimate of drug-likeness (QED) is 0.706. The molecule has 0 bridgehead atoms. The molecule has 2 fully saturated rings. The van der Waals surface area contributed by atoms with Gasteiger partial charge in [0, 0.05) is 44.3 Å². The SMILES string of the molecule is CC(CCC=O)c1ccc(N2CCN(CCC3CCC(N)CC3)CC2)cc1. The first-order chi connectivity index (χ1) is 13.2. The monoisotopic (exact) mass is 371 g/mol. The molecule has 1 aromatic carbocycles. The summed E-state index contributed by atoms with van der Waals surface area (Å²) in [6.07, 6.45) is 9.07. The lowest BCUT2D eigenvalue weighted by Crippen LogP contribution is -2.47. The molecule has 1 unspecified atom stereocenters. The fourth-order valence-electron chi connectivity index (χ4n) is 4.57. The second-order valence-electron chi connectivity index (χ2n) is 8.63. The van der Waals surface area contributed by atoms with Gasteiger partial charge in [-0.25, -0.2) is 0 Å². The van der Waals surface area contributed by atoms with Crippen molar-refractivity contribution < 1.29 is 4.79 Å². The van der Waals surface area contributed by atoms with Crippen LogP contribution in [0.1, 0.15) is 63.4 Å². The Morgan fingerprint density at radius 3 is 2.37 bits per heavy atom. The minimum Gasteiger partial charge on any atom is -0.369 e. The van der Waals surface area contributed by atoms with E-state index in [1.54, 1.807) is 0 Å². The third-order valence-electron chi connectivity index (χ3n) is 6.66. The molecule has 2 aliphatic rings. The van der Waals surface area contributed by atoms with Gasteiger partial charge in [-0.3, -0.25) is 4.90 Å². The van der Waals surface area contributed by atoms with Crippen molar-refractivity contribution in [2.75, 3.05) is 37.6 Å². The largest absolute Gasteiger partial charge is 0.369 e. The van der Waals surface area contributed by atoms with Crippen LogP contribution in [0.3, 0.4) is 0 Å². The number of carbonyl (C=O) groups excluding carboxylic acids is 1. The molecule has 0 amide bonds. The van der Waals surface area contributed by atoms with Crippen LogP contribution in [0.15, 0.2) is 24.3 Å². The lowest BCUT2D eigenvalue weighted by atomic mass is 9.84. The van der Waals surface area contributed by atoms with Gasteiger partial charge in [0.25, 0.3) is 0 Å². The van der Waals surface area contributed by atoms with Gasteiger partial charge in [-0.15, -0.1) is 0 Å². The number of hydrogen-bond donors (Lipinski definition) is 1. The number of rotatable bonds is 8. The number of nitrogens with two attached hydrogens (primary N) is 1. The van der Waals surface area contributed by atoms with Gasteiger partial charge >= 0.3 is 0 Å². The van der Waals surface area contributed by atoms with Crippen LogP contribution < -0.4 is 10.6 Å². The minimum atomic E-state index is 0.454. The summed E-state index contributed by atoms with van der Waals surface area (Å²) < 4.78 is 0. The Hall–Kier alpha value is -1.39. The molecule has 4 nitrogen and oxygen atoms in total. The Balaban J connectivity index is 1.40. The Morgan fingerprint density at radius 2 is 1.74 bits per heavy atom. The van der Waals surface area contributed by atoms with Gasteiger partial charge < -0.3 is 15.4 Å². The van der Waals surface area contributed by atoms with Crippen molar-refractivity contribution in [2.45, 2.75) is 63.8 Å². The topological polar surface area (TPSA) is 49.6 Å². The second kappa shape index (κ2) is 10.2. The van der Waals surface area contributed by atoms with Gasteiger partial charge in [-0.1, -0.05) is 19.1 Å². The minimum absolute atomic E-state index is 0.454. The zero-order valence-corrected chi connectivity index (χ0v) is 17.0. The van der Waals surface area contributed by atoms with Crippen LogP contribution in [-0.2, 0) is 4.79 Å². The predicted molar refractivity (Wildman–Crippen MR) is 113 cm³/mol. The van der Waals surface area contributed by atoms with E-state index in [1.165, 1.54) is 63.0 Å². The van der Waals surface area contributed by atoms with Crippen LogP contribution >= 0.6 is 0 Å². The molecule has 1 aliphatic heterocycles. The third kappa shape index (κ3) is 6.05. The van der Waals surface area contributed by atoms with Crippen molar-refractivity contribution in [2.24, 2.45) is 11.7 Å². The van der Waals surface area contributed by atoms with Crippen molar-refractivity contribution in [1.82, 2.24) is 4.90 Å². The maximum Gasteiger partial charge on any atom is 0.120 e. The molecule has 0 aromatic heterocycles. The highest BCUT2D eigenvalue weighted by Crippen LogP contribution is 2.27. The van der Waals surface area contributed by atoms with Crippen molar-refractivity contribution in [1.29, 1.82) is 0 Å². The van der Waals surface area contributed by atoms with Crippen molar-refractivity contribution in [3.8, 4) is 0 Å². The molecule has 3 rings (SSSR count). The third-order valence-corrected chi connectivity index (χ3v) is 6.66. The molecule has 1 aliphatic carbocycles. The number of anilines is 1. The van der Waals surface area contributed by atoms with E-state index in [1.807, 2.05) is 0 Å². The number of carbonyl (C=O) groups is 1. The molecule has 1 saturated heterocycles. The molecular weight excluding hydrogens is 334 g/mol. The molecule has 1 atom stereocenters. The Morgan fingerprint density at radius 1 is 1.07 bits per heavy atom. The Bertz CT molecular complexity index is 557. The zero-order chi connectivity index (χ0) is 19.1. The van der Waals surface area contributed by atoms with E-state index >= 15 is 0 Å². The molecule has 150 valence electrons. The van der Waals surface area contributed by atoms with Crippen LogP contribution in [0.25, 0.3) is 0 Å². The molecule has 1 heterocycles. The molecule has 1 saturated carbocycles. The summed E-state index contributed by atoms with van der Waals surface area (Å²) in [5.41, 5.74) is 8.70. The summed E-state index contributed by atoms with van der Waals surface area (Å²) in [7, 11) is 0. The van der Waals surface area contributed by atoms with Gasteiger partial charge in [-0.2, -0.15) is 0 Å². The van der Waals surface area contributed by atoms with E-state index in [0.29, 0.717) is 18.4 Å². The van der Waals surface area contributed by atoms with Gasteiger partial charge in [0.05, 0.1) is 0 Å². The molecule has 0 radical (unpaired) electrons. The van der Waals surface area contributed by atoms with Crippen LogP contribution in [0.4, 0.5) is 5.69 Å². The lowest BCUT2D eigenvalue weighted by Gasteiger charge is -2.37. The summed E-state index contributed by atoms with van der Waals surface area (Å²) >= 11 is 0. The van der Waals surface area contributed by atoms with Gasteiger partial charge in [0.2, 0.25) is 0 Å². The summed E-state index contributed by atoms with van der Waals surface area (Å²) in [6.45, 7) is 8.04. The molecular formula is C23H37N3O. The zero-order valence-electron chi connectivity index (χ0n) is 17.0. The molecule has 2 N–H and O–H groups in total. The molecule has 4 heteroatoms. The van der Waals surface area contributed by atoms with E-state index in [-0.39, 0.29) is 0 Å². The lowest BCUT2D eigenvalue weighted by molar-refractivity contribution is -0.108. The van der Waals surface area contributed by atoms with Crippen molar-refractivity contribution in [3.05, 3.63) is 29.8 Å². The first kappa shape index (κ1) is 20.3. The van der Waals surface area contributed by atoms with Crippen molar-refractivity contribution >= 4 is 12.0 Å². The molecule has 27 heavy (non-hydrogen) atoms.